The number of hydrogen-bond acceptors (Lipinski definition) is 9. The zero-order valence-electron chi connectivity index (χ0n) is 13.8. The highest BCUT2D eigenvalue weighted by atomic mass is 32.2. The molecule has 2 saturated heterocycles. The normalized spacial score (nSPS) is 20.6. The summed E-state index contributed by atoms with van der Waals surface area (Å²) in [6.45, 7) is 0. The van der Waals surface area contributed by atoms with Crippen molar-refractivity contribution in [3.8, 4) is 11.5 Å². The van der Waals surface area contributed by atoms with Crippen molar-refractivity contribution in [2.75, 3.05) is 7.11 Å². The molecule has 0 aromatic heterocycles. The summed E-state index contributed by atoms with van der Waals surface area (Å²) < 4.78 is 10.5. The summed E-state index contributed by atoms with van der Waals surface area (Å²) in [5.74, 6) is -0.700. The van der Waals surface area contributed by atoms with E-state index in [1.807, 2.05) is 0 Å². The van der Waals surface area contributed by atoms with Crippen LogP contribution in [0.2, 0.25) is 0 Å². The van der Waals surface area contributed by atoms with Crippen LogP contribution in [0.5, 0.6) is 11.5 Å². The molecule has 1 aromatic carbocycles. The molecule has 1 aromatic rings. The molecule has 2 fully saturated rings. The van der Waals surface area contributed by atoms with Gasteiger partial charge in [0.15, 0.2) is 11.5 Å². The van der Waals surface area contributed by atoms with Crippen LogP contribution in [0.15, 0.2) is 23.1 Å². The van der Waals surface area contributed by atoms with Gasteiger partial charge in [-0.05, 0) is 35.5 Å². The van der Waals surface area contributed by atoms with Crippen molar-refractivity contribution in [1.82, 2.24) is 10.6 Å². The number of carbonyl (C=O) groups is 4. The predicted octanol–water partition coefficient (Wildman–Crippen LogP) is 2.47. The third-order valence-electron chi connectivity index (χ3n) is 3.47. The molecule has 1 atom stereocenters. The summed E-state index contributed by atoms with van der Waals surface area (Å²) in [5.41, 5.74) is 0.698. The molecule has 0 unspecified atom stereocenters. The highest BCUT2D eigenvalue weighted by Gasteiger charge is 2.34. The van der Waals surface area contributed by atoms with Crippen molar-refractivity contribution in [1.29, 1.82) is 0 Å². The second-order valence-corrected chi connectivity index (χ2v) is 7.92. The fourth-order valence-electron chi connectivity index (χ4n) is 2.27. The Balaban J connectivity index is 1.71. The Morgan fingerprint density at radius 1 is 1.22 bits per heavy atom. The summed E-state index contributed by atoms with van der Waals surface area (Å²) >= 11 is 6.81. The Bertz CT molecular complexity index is 898. The number of thioether (sulfide) groups is 2. The average molecular weight is 424 g/mol. The Hall–Kier alpha value is -2.37. The van der Waals surface area contributed by atoms with Crippen LogP contribution in [0.25, 0.3) is 6.08 Å². The van der Waals surface area contributed by atoms with E-state index in [0.29, 0.717) is 21.2 Å². The molecule has 8 nitrogen and oxygen atoms in total. The van der Waals surface area contributed by atoms with E-state index in [9.17, 15) is 19.2 Å². The second kappa shape index (κ2) is 8.11. The highest BCUT2D eigenvalue weighted by Crippen LogP contribution is 2.32. The Kier molecular flexibility index (Phi) is 5.82. The smallest absolute Gasteiger partial charge is 0.312 e. The molecule has 0 aliphatic carbocycles. The van der Waals surface area contributed by atoms with E-state index >= 15 is 0 Å². The molecule has 27 heavy (non-hydrogen) atoms. The van der Waals surface area contributed by atoms with Crippen molar-refractivity contribution < 1.29 is 28.7 Å². The lowest BCUT2D eigenvalue weighted by Crippen LogP contribution is -2.27. The zero-order chi connectivity index (χ0) is 19.6. The summed E-state index contributed by atoms with van der Waals surface area (Å²) in [6.07, 6.45) is 1.47. The van der Waals surface area contributed by atoms with Crippen molar-refractivity contribution in [3.05, 3.63) is 28.7 Å². The first-order valence-electron chi connectivity index (χ1n) is 7.51. The van der Waals surface area contributed by atoms with Crippen molar-refractivity contribution in [3.63, 3.8) is 0 Å². The van der Waals surface area contributed by atoms with Crippen LogP contribution >= 0.6 is 35.7 Å². The molecule has 2 N–H and O–H groups in total. The van der Waals surface area contributed by atoms with Crippen LogP contribution in [0.4, 0.5) is 9.59 Å². The molecule has 2 aliphatic heterocycles. The maximum Gasteiger partial charge on any atom is 0.312 e. The average Bonchev–Trinajstić information content (AvgIpc) is 3.09. The predicted molar refractivity (Wildman–Crippen MR) is 105 cm³/mol. The SMILES string of the molecule is COc1cc(/C=C2\SC(=O)NC2=S)ccc1OC(=O)C[C@@H]1SC(=O)NC1=O. The fraction of sp³-hybridized carbons (Fsp3) is 0.188. The fourth-order valence-corrected chi connectivity index (χ4v) is 4.11. The first-order chi connectivity index (χ1) is 12.9. The second-order valence-electron chi connectivity index (χ2n) is 5.32. The Morgan fingerprint density at radius 3 is 2.59 bits per heavy atom. The topological polar surface area (TPSA) is 111 Å². The molecule has 11 heteroatoms. The number of ether oxygens (including phenoxy) is 2. The first-order valence-corrected chi connectivity index (χ1v) is 9.61. The zero-order valence-corrected chi connectivity index (χ0v) is 16.2. The third kappa shape index (κ3) is 4.67. The monoisotopic (exact) mass is 424 g/mol. The van der Waals surface area contributed by atoms with Gasteiger partial charge in [-0.2, -0.15) is 0 Å². The largest absolute Gasteiger partial charge is 0.493 e. The van der Waals surface area contributed by atoms with Gasteiger partial charge < -0.3 is 14.8 Å². The number of carbonyl (C=O) groups excluding carboxylic acids is 4. The van der Waals surface area contributed by atoms with Crippen molar-refractivity contribution in [2.24, 2.45) is 0 Å². The molecule has 2 heterocycles. The standard InChI is InChI=1S/C16H12N2O6S3/c1-23-9-4-7(5-11-14(25)18-16(22)27-11)2-3-8(9)24-12(19)6-10-13(20)17-15(21)26-10/h2-5,10H,6H2,1H3,(H,17,20,21)(H,18,22,25)/b11-5-/t10-/m0/s1. The number of thiocarbonyl (C=S) groups is 1. The van der Waals surface area contributed by atoms with E-state index in [-0.39, 0.29) is 17.4 Å². The molecule has 3 rings (SSSR count). The Morgan fingerprint density at radius 2 is 2.00 bits per heavy atom. The van der Waals surface area contributed by atoms with Gasteiger partial charge >= 0.3 is 5.97 Å². The Labute approximate surface area is 167 Å². The molecule has 0 spiro atoms. The van der Waals surface area contributed by atoms with Crippen molar-refractivity contribution >= 4 is 69.2 Å². The minimum atomic E-state index is -0.801. The first kappa shape index (κ1) is 19.4. The summed E-state index contributed by atoms with van der Waals surface area (Å²) in [6, 6.07) is 4.83. The third-order valence-corrected chi connectivity index (χ3v) is 5.73. The van der Waals surface area contributed by atoms with E-state index in [1.165, 1.54) is 13.2 Å². The molecule has 2 aliphatic rings. The number of benzene rings is 1. The van der Waals surface area contributed by atoms with Crippen LogP contribution < -0.4 is 20.1 Å². The number of hydrogen-bond donors (Lipinski definition) is 2. The molecule has 0 radical (unpaired) electrons. The number of methoxy groups -OCH3 is 1. The number of esters is 1. The van der Waals surface area contributed by atoms with E-state index in [2.05, 4.69) is 10.6 Å². The maximum atomic E-state index is 12.1. The number of rotatable bonds is 5. The van der Waals surface area contributed by atoms with Crippen molar-refractivity contribution in [2.45, 2.75) is 11.7 Å². The number of nitrogens with one attached hydrogen (secondary N) is 2. The van der Waals surface area contributed by atoms with E-state index < -0.39 is 22.4 Å². The molecular weight excluding hydrogens is 412 g/mol. The summed E-state index contributed by atoms with van der Waals surface area (Å²) in [4.78, 5) is 47.0. The van der Waals surface area contributed by atoms with Gasteiger partial charge in [0.25, 0.3) is 10.5 Å². The number of amides is 3. The van der Waals surface area contributed by atoms with Gasteiger partial charge in [-0.3, -0.25) is 24.5 Å². The van der Waals surface area contributed by atoms with Gasteiger partial charge in [-0.25, -0.2) is 0 Å². The summed E-state index contributed by atoms with van der Waals surface area (Å²) in [5, 5.41) is 3.11. The lowest BCUT2D eigenvalue weighted by atomic mass is 10.2. The molecule has 0 bridgehead atoms. The molecule has 0 saturated carbocycles. The van der Waals surface area contributed by atoms with Crippen LogP contribution in [0.1, 0.15) is 12.0 Å². The van der Waals surface area contributed by atoms with Crippen LogP contribution in [0, 0.1) is 0 Å². The lowest BCUT2D eigenvalue weighted by molar-refractivity contribution is -0.136. The number of imide groups is 1. The van der Waals surface area contributed by atoms with Gasteiger partial charge in [0.05, 0.1) is 18.4 Å². The maximum absolute atomic E-state index is 12.1. The van der Waals surface area contributed by atoms with E-state index in [0.717, 1.165) is 23.5 Å². The van der Waals surface area contributed by atoms with Crippen LogP contribution in [-0.2, 0) is 9.59 Å². The van der Waals surface area contributed by atoms with E-state index in [1.54, 1.807) is 18.2 Å². The molecule has 140 valence electrons. The van der Waals surface area contributed by atoms with Gasteiger partial charge in [-0.15, -0.1) is 0 Å². The van der Waals surface area contributed by atoms with Crippen LogP contribution in [0.3, 0.4) is 0 Å². The summed E-state index contributed by atoms with van der Waals surface area (Å²) in [7, 11) is 1.42. The molecular formula is C16H12N2O6S3. The van der Waals surface area contributed by atoms with E-state index in [4.69, 9.17) is 21.7 Å². The van der Waals surface area contributed by atoms with Crippen LogP contribution in [-0.4, -0.2) is 39.7 Å². The lowest BCUT2D eigenvalue weighted by Gasteiger charge is -2.11. The molecule has 3 amide bonds. The van der Waals surface area contributed by atoms with Gasteiger partial charge in [0.2, 0.25) is 5.91 Å². The quantitative estimate of drug-likeness (QED) is 0.319. The minimum Gasteiger partial charge on any atom is -0.493 e. The van der Waals surface area contributed by atoms with Gasteiger partial charge in [0.1, 0.15) is 10.2 Å². The minimum absolute atomic E-state index is 0.176. The van der Waals surface area contributed by atoms with Gasteiger partial charge in [-0.1, -0.05) is 30.0 Å². The van der Waals surface area contributed by atoms with Gasteiger partial charge in [0, 0.05) is 0 Å². The highest BCUT2D eigenvalue weighted by molar-refractivity contribution is 8.19.